The van der Waals surface area contributed by atoms with Crippen molar-refractivity contribution in [2.75, 3.05) is 46.4 Å². The van der Waals surface area contributed by atoms with Crippen LogP contribution in [0.4, 0.5) is 4.79 Å². The SMILES string of the molecule is C=CCN(C)CCCCCCOC1CCN(C(=O)OCCCC)CC1. The summed E-state index contributed by atoms with van der Waals surface area (Å²) in [6.07, 6.45) is 10.8. The smallest absolute Gasteiger partial charge is 0.409 e. The highest BCUT2D eigenvalue weighted by atomic mass is 16.6. The third-order valence-electron chi connectivity index (χ3n) is 4.65. The molecule has 1 rings (SSSR count). The van der Waals surface area contributed by atoms with Gasteiger partial charge in [0.1, 0.15) is 0 Å². The van der Waals surface area contributed by atoms with Gasteiger partial charge in [-0.15, -0.1) is 6.58 Å². The largest absolute Gasteiger partial charge is 0.449 e. The number of rotatable bonds is 13. The summed E-state index contributed by atoms with van der Waals surface area (Å²) in [5.74, 6) is 0. The van der Waals surface area contributed by atoms with Gasteiger partial charge < -0.3 is 19.3 Å². The van der Waals surface area contributed by atoms with Crippen LogP contribution in [0.5, 0.6) is 0 Å². The first-order valence-electron chi connectivity index (χ1n) is 10.00. The fourth-order valence-electron chi connectivity index (χ4n) is 3.00. The number of ether oxygens (including phenoxy) is 2. The second-order valence-corrected chi connectivity index (χ2v) is 6.99. The lowest BCUT2D eigenvalue weighted by Crippen LogP contribution is -2.41. The van der Waals surface area contributed by atoms with Crippen molar-refractivity contribution in [1.82, 2.24) is 9.80 Å². The molecule has 0 aromatic rings. The zero-order valence-corrected chi connectivity index (χ0v) is 16.4. The van der Waals surface area contributed by atoms with Gasteiger partial charge in [-0.05, 0) is 45.7 Å². The van der Waals surface area contributed by atoms with Crippen molar-refractivity contribution in [3.63, 3.8) is 0 Å². The Kier molecular flexibility index (Phi) is 12.4. The summed E-state index contributed by atoms with van der Waals surface area (Å²) < 4.78 is 11.2. The van der Waals surface area contributed by atoms with Gasteiger partial charge in [0, 0.05) is 26.2 Å². The molecule has 1 aliphatic rings. The monoisotopic (exact) mass is 354 g/mol. The number of nitrogens with zero attached hydrogens (tertiary/aromatic N) is 2. The van der Waals surface area contributed by atoms with Crippen LogP contribution in [-0.4, -0.2) is 68.4 Å². The van der Waals surface area contributed by atoms with Crippen LogP contribution in [0.1, 0.15) is 58.3 Å². The number of likely N-dealkylation sites (N-methyl/N-ethyl adjacent to an activating group) is 1. The zero-order chi connectivity index (χ0) is 18.3. The van der Waals surface area contributed by atoms with E-state index in [1.807, 2.05) is 11.0 Å². The summed E-state index contributed by atoms with van der Waals surface area (Å²) in [6.45, 7) is 10.8. The summed E-state index contributed by atoms with van der Waals surface area (Å²) in [5.41, 5.74) is 0. The fourth-order valence-corrected chi connectivity index (χ4v) is 3.00. The van der Waals surface area contributed by atoms with Crippen molar-refractivity contribution < 1.29 is 14.3 Å². The number of piperidine rings is 1. The molecule has 0 aromatic heterocycles. The van der Waals surface area contributed by atoms with Gasteiger partial charge in [-0.25, -0.2) is 4.79 Å². The molecular weight excluding hydrogens is 316 g/mol. The Morgan fingerprint density at radius 1 is 1.16 bits per heavy atom. The first-order valence-corrected chi connectivity index (χ1v) is 10.00. The minimum atomic E-state index is -0.159. The molecule has 1 saturated heterocycles. The van der Waals surface area contributed by atoms with Crippen molar-refractivity contribution in [3.05, 3.63) is 12.7 Å². The average molecular weight is 355 g/mol. The molecule has 1 fully saturated rings. The number of likely N-dealkylation sites (tertiary alicyclic amines) is 1. The lowest BCUT2D eigenvalue weighted by atomic mass is 10.1. The van der Waals surface area contributed by atoms with Gasteiger partial charge in [0.15, 0.2) is 0 Å². The van der Waals surface area contributed by atoms with E-state index in [9.17, 15) is 4.79 Å². The lowest BCUT2D eigenvalue weighted by Gasteiger charge is -2.31. The topological polar surface area (TPSA) is 42.0 Å². The van der Waals surface area contributed by atoms with E-state index in [0.29, 0.717) is 12.7 Å². The normalized spacial score (nSPS) is 15.6. The Morgan fingerprint density at radius 2 is 1.88 bits per heavy atom. The number of carbonyl (C=O) groups excluding carboxylic acids is 1. The van der Waals surface area contributed by atoms with E-state index in [1.54, 1.807) is 0 Å². The highest BCUT2D eigenvalue weighted by molar-refractivity contribution is 5.67. The van der Waals surface area contributed by atoms with Gasteiger partial charge in [-0.3, -0.25) is 0 Å². The molecule has 0 atom stereocenters. The number of hydrogen-bond acceptors (Lipinski definition) is 4. The van der Waals surface area contributed by atoms with Crippen molar-refractivity contribution in [1.29, 1.82) is 0 Å². The van der Waals surface area contributed by atoms with Gasteiger partial charge in [-0.2, -0.15) is 0 Å². The molecule has 5 nitrogen and oxygen atoms in total. The first-order chi connectivity index (χ1) is 12.2. The van der Waals surface area contributed by atoms with Crippen LogP contribution in [0.3, 0.4) is 0 Å². The molecule has 0 radical (unpaired) electrons. The van der Waals surface area contributed by atoms with E-state index in [4.69, 9.17) is 9.47 Å². The molecule has 0 aliphatic carbocycles. The maximum atomic E-state index is 11.9. The number of hydrogen-bond donors (Lipinski definition) is 0. The Balaban J connectivity index is 1.96. The van der Waals surface area contributed by atoms with Crippen LogP contribution in [0.2, 0.25) is 0 Å². The van der Waals surface area contributed by atoms with Gasteiger partial charge in [0.05, 0.1) is 12.7 Å². The van der Waals surface area contributed by atoms with E-state index in [2.05, 4.69) is 25.5 Å². The van der Waals surface area contributed by atoms with E-state index in [1.165, 1.54) is 19.3 Å². The van der Waals surface area contributed by atoms with E-state index < -0.39 is 0 Å². The molecular formula is C20H38N2O3. The van der Waals surface area contributed by atoms with Crippen molar-refractivity contribution in [2.24, 2.45) is 0 Å². The Morgan fingerprint density at radius 3 is 2.56 bits per heavy atom. The number of carbonyl (C=O) groups is 1. The molecule has 0 spiro atoms. The highest BCUT2D eigenvalue weighted by Gasteiger charge is 2.23. The standard InChI is InChI=1S/C20H38N2O3/c1-4-6-17-25-20(23)22-15-11-19(12-16-22)24-18-10-8-7-9-14-21(3)13-5-2/h5,19H,2,4,6-18H2,1,3H3. The third-order valence-corrected chi connectivity index (χ3v) is 4.65. The Bertz CT molecular complexity index is 355. The molecule has 1 heterocycles. The maximum Gasteiger partial charge on any atom is 0.409 e. The van der Waals surface area contributed by atoms with E-state index in [0.717, 1.165) is 64.9 Å². The summed E-state index contributed by atoms with van der Waals surface area (Å²) in [4.78, 5) is 16.0. The third kappa shape index (κ3) is 10.5. The average Bonchev–Trinajstić information content (AvgIpc) is 2.62. The van der Waals surface area contributed by atoms with Gasteiger partial charge in [-0.1, -0.05) is 32.3 Å². The lowest BCUT2D eigenvalue weighted by molar-refractivity contribution is 0.00423. The molecule has 25 heavy (non-hydrogen) atoms. The molecule has 5 heteroatoms. The molecule has 0 aromatic carbocycles. The Labute approximate surface area is 154 Å². The molecule has 0 unspecified atom stereocenters. The van der Waals surface area contributed by atoms with E-state index in [-0.39, 0.29) is 6.09 Å². The predicted molar refractivity (Wildman–Crippen MR) is 103 cm³/mol. The van der Waals surface area contributed by atoms with Gasteiger partial charge in [0.25, 0.3) is 0 Å². The summed E-state index contributed by atoms with van der Waals surface area (Å²) in [6, 6.07) is 0. The van der Waals surface area contributed by atoms with Gasteiger partial charge >= 0.3 is 6.09 Å². The van der Waals surface area contributed by atoms with Crippen LogP contribution in [-0.2, 0) is 9.47 Å². The number of unbranched alkanes of at least 4 members (excludes halogenated alkanes) is 4. The van der Waals surface area contributed by atoms with Crippen LogP contribution >= 0.6 is 0 Å². The summed E-state index contributed by atoms with van der Waals surface area (Å²) >= 11 is 0. The Hall–Kier alpha value is -1.07. The van der Waals surface area contributed by atoms with Crippen molar-refractivity contribution >= 4 is 6.09 Å². The predicted octanol–water partition coefficient (Wildman–Crippen LogP) is 4.08. The molecule has 146 valence electrons. The fraction of sp³-hybridized carbons (Fsp3) is 0.850. The first kappa shape index (κ1) is 22.0. The molecule has 0 N–H and O–H groups in total. The zero-order valence-electron chi connectivity index (χ0n) is 16.4. The van der Waals surface area contributed by atoms with Crippen molar-refractivity contribution in [3.8, 4) is 0 Å². The second-order valence-electron chi connectivity index (χ2n) is 6.99. The quantitative estimate of drug-likeness (QED) is 0.369. The van der Waals surface area contributed by atoms with Crippen molar-refractivity contribution in [2.45, 2.75) is 64.4 Å². The van der Waals surface area contributed by atoms with Crippen LogP contribution in [0.15, 0.2) is 12.7 Å². The summed E-state index contributed by atoms with van der Waals surface area (Å²) in [5, 5.41) is 0. The highest BCUT2D eigenvalue weighted by Crippen LogP contribution is 2.15. The maximum absolute atomic E-state index is 11.9. The molecule has 1 amide bonds. The minimum Gasteiger partial charge on any atom is -0.449 e. The van der Waals surface area contributed by atoms with Crippen LogP contribution < -0.4 is 0 Å². The van der Waals surface area contributed by atoms with E-state index >= 15 is 0 Å². The second kappa shape index (κ2) is 14.1. The molecule has 0 bridgehead atoms. The minimum absolute atomic E-state index is 0.159. The molecule has 0 saturated carbocycles. The van der Waals surface area contributed by atoms with Crippen LogP contribution in [0.25, 0.3) is 0 Å². The van der Waals surface area contributed by atoms with Gasteiger partial charge in [0.2, 0.25) is 0 Å². The summed E-state index contributed by atoms with van der Waals surface area (Å²) in [7, 11) is 2.14. The van der Waals surface area contributed by atoms with Crippen LogP contribution in [0, 0.1) is 0 Å². The number of amides is 1. The molecule has 1 aliphatic heterocycles.